The average molecular weight is 442 g/mol. The number of halogens is 5. The van der Waals surface area contributed by atoms with Gasteiger partial charge in [-0.1, -0.05) is 23.2 Å². The standard InChI is InChI=1S/C15H12Cl2F3N3O3S/c1-7-6-27-13(21-7)23-14(12(25)26-2,15(18,19)20)22-11(24)9-4-3-8(16)5-10(9)17/h3-6H,1-2H3,(H,21,23)(H,22,24)/t14-/m0/s1. The van der Waals surface area contributed by atoms with E-state index in [0.717, 1.165) is 24.5 Å². The molecule has 6 nitrogen and oxygen atoms in total. The third kappa shape index (κ3) is 4.45. The van der Waals surface area contributed by atoms with Gasteiger partial charge < -0.3 is 15.4 Å². The number of carbonyl (C=O) groups is 2. The summed E-state index contributed by atoms with van der Waals surface area (Å²) in [7, 11) is 0.763. The SMILES string of the molecule is COC(=O)[C@](NC(=O)c1ccc(Cl)cc1Cl)(Nc1nc(C)cs1)C(F)(F)F. The van der Waals surface area contributed by atoms with Crippen LogP contribution in [0.3, 0.4) is 0 Å². The van der Waals surface area contributed by atoms with Crippen LogP contribution in [0, 0.1) is 6.92 Å². The van der Waals surface area contributed by atoms with Crippen molar-refractivity contribution in [3.05, 3.63) is 44.9 Å². The van der Waals surface area contributed by atoms with Crippen molar-refractivity contribution < 1.29 is 27.5 Å². The Kier molecular flexibility index (Phi) is 6.23. The Labute approximate surface area is 165 Å². The van der Waals surface area contributed by atoms with Gasteiger partial charge in [0.1, 0.15) is 0 Å². The topological polar surface area (TPSA) is 80.3 Å². The number of esters is 1. The van der Waals surface area contributed by atoms with E-state index in [2.05, 4.69) is 9.72 Å². The number of nitrogens with one attached hydrogen (secondary N) is 2. The maximum atomic E-state index is 13.9. The quantitative estimate of drug-likeness (QED) is 0.540. The number of nitrogens with zero attached hydrogens (tertiary/aromatic N) is 1. The van der Waals surface area contributed by atoms with Gasteiger partial charge in [0.05, 0.1) is 23.4 Å². The van der Waals surface area contributed by atoms with Gasteiger partial charge in [-0.2, -0.15) is 13.2 Å². The summed E-state index contributed by atoms with van der Waals surface area (Å²) in [6, 6.07) is 3.59. The van der Waals surface area contributed by atoms with Gasteiger partial charge in [-0.3, -0.25) is 4.79 Å². The number of aryl methyl sites for hydroxylation is 1. The monoisotopic (exact) mass is 441 g/mol. The van der Waals surface area contributed by atoms with Gasteiger partial charge in [0, 0.05) is 10.4 Å². The molecule has 146 valence electrons. The van der Waals surface area contributed by atoms with Crippen LogP contribution in [-0.2, 0) is 9.53 Å². The van der Waals surface area contributed by atoms with Crippen LogP contribution < -0.4 is 10.6 Å². The fraction of sp³-hybridized carbons (Fsp3) is 0.267. The Morgan fingerprint density at radius 1 is 1.26 bits per heavy atom. The van der Waals surface area contributed by atoms with Crippen LogP contribution in [0.15, 0.2) is 23.6 Å². The van der Waals surface area contributed by atoms with Crippen molar-refractivity contribution in [2.45, 2.75) is 18.8 Å². The third-order valence-electron chi connectivity index (χ3n) is 3.31. The Bertz CT molecular complexity index is 875. The molecule has 1 aromatic heterocycles. The number of amides is 1. The highest BCUT2D eigenvalue weighted by molar-refractivity contribution is 7.13. The largest absolute Gasteiger partial charge is 0.466 e. The van der Waals surface area contributed by atoms with Gasteiger partial charge in [-0.05, 0) is 25.1 Å². The number of alkyl halides is 3. The number of anilines is 1. The molecule has 0 spiro atoms. The molecule has 0 aliphatic rings. The Morgan fingerprint density at radius 3 is 2.41 bits per heavy atom. The predicted molar refractivity (Wildman–Crippen MR) is 95.2 cm³/mol. The number of hydrogen-bond acceptors (Lipinski definition) is 6. The fourth-order valence-corrected chi connectivity index (χ4v) is 3.26. The highest BCUT2D eigenvalue weighted by Gasteiger charge is 2.64. The van der Waals surface area contributed by atoms with Crippen LogP contribution in [-0.4, -0.2) is 35.8 Å². The van der Waals surface area contributed by atoms with Gasteiger partial charge in [-0.25, -0.2) is 9.78 Å². The zero-order chi connectivity index (χ0) is 20.4. The smallest absolute Gasteiger partial charge is 0.442 e. The van der Waals surface area contributed by atoms with Crippen LogP contribution in [0.25, 0.3) is 0 Å². The van der Waals surface area contributed by atoms with Gasteiger partial charge in [0.2, 0.25) is 0 Å². The zero-order valence-electron chi connectivity index (χ0n) is 13.8. The first-order valence-corrected chi connectivity index (χ1v) is 8.76. The van der Waals surface area contributed by atoms with E-state index < -0.39 is 23.7 Å². The second-order valence-electron chi connectivity index (χ2n) is 5.24. The molecule has 0 unspecified atom stereocenters. The molecule has 0 aliphatic heterocycles. The molecule has 1 atom stereocenters. The predicted octanol–water partition coefficient (Wildman–Crippen LogP) is 4.03. The average Bonchev–Trinajstić information content (AvgIpc) is 2.97. The van der Waals surface area contributed by atoms with Gasteiger partial charge in [0.15, 0.2) is 5.13 Å². The number of aromatic nitrogens is 1. The summed E-state index contributed by atoms with van der Waals surface area (Å²) in [5.74, 6) is -3.04. The van der Waals surface area contributed by atoms with E-state index in [0.29, 0.717) is 5.69 Å². The highest BCUT2D eigenvalue weighted by atomic mass is 35.5. The number of benzene rings is 1. The first-order chi connectivity index (χ1) is 12.5. The molecule has 1 amide bonds. The summed E-state index contributed by atoms with van der Waals surface area (Å²) < 4.78 is 46.0. The van der Waals surface area contributed by atoms with Gasteiger partial charge >= 0.3 is 17.8 Å². The number of carbonyl (C=O) groups excluding carboxylic acids is 2. The van der Waals surface area contributed by atoms with Crippen molar-refractivity contribution in [2.24, 2.45) is 0 Å². The van der Waals surface area contributed by atoms with E-state index in [1.54, 1.807) is 12.2 Å². The molecule has 2 aromatic rings. The van der Waals surface area contributed by atoms with E-state index in [1.807, 2.05) is 5.32 Å². The van der Waals surface area contributed by atoms with Crippen molar-refractivity contribution in [2.75, 3.05) is 12.4 Å². The minimum absolute atomic E-state index is 0.183. The normalized spacial score (nSPS) is 13.6. The summed E-state index contributed by atoms with van der Waals surface area (Å²) in [5, 5.41) is 4.81. The second-order valence-corrected chi connectivity index (χ2v) is 6.94. The molecule has 0 saturated carbocycles. The minimum atomic E-state index is -5.27. The number of rotatable bonds is 5. The molecule has 0 fully saturated rings. The van der Waals surface area contributed by atoms with Crippen LogP contribution >= 0.6 is 34.5 Å². The Hall–Kier alpha value is -2.04. The third-order valence-corrected chi connectivity index (χ3v) is 4.73. The first-order valence-electron chi connectivity index (χ1n) is 7.13. The molecule has 2 N–H and O–H groups in total. The van der Waals surface area contributed by atoms with E-state index in [4.69, 9.17) is 23.2 Å². The first kappa shape index (κ1) is 21.3. The Morgan fingerprint density at radius 2 is 1.93 bits per heavy atom. The Balaban J connectivity index is 2.50. The molecule has 12 heteroatoms. The summed E-state index contributed by atoms with van der Waals surface area (Å²) >= 11 is 12.4. The molecule has 0 saturated heterocycles. The molecule has 0 radical (unpaired) electrons. The maximum absolute atomic E-state index is 13.9. The van der Waals surface area contributed by atoms with Crippen molar-refractivity contribution in [1.82, 2.24) is 10.3 Å². The highest BCUT2D eigenvalue weighted by Crippen LogP contribution is 2.34. The number of thiazole rings is 1. The lowest BCUT2D eigenvalue weighted by Gasteiger charge is -2.34. The van der Waals surface area contributed by atoms with E-state index in [9.17, 15) is 22.8 Å². The van der Waals surface area contributed by atoms with E-state index >= 15 is 0 Å². The maximum Gasteiger partial charge on any atom is 0.442 e. The number of hydrogen-bond donors (Lipinski definition) is 2. The molecule has 1 heterocycles. The summed E-state index contributed by atoms with van der Waals surface area (Å²) in [6.45, 7) is 1.56. The lowest BCUT2D eigenvalue weighted by atomic mass is 10.1. The van der Waals surface area contributed by atoms with Crippen molar-refractivity contribution in [3.8, 4) is 0 Å². The molecule has 2 rings (SSSR count). The lowest BCUT2D eigenvalue weighted by molar-refractivity contribution is -0.203. The zero-order valence-corrected chi connectivity index (χ0v) is 16.1. The van der Waals surface area contributed by atoms with Gasteiger partial charge in [-0.15, -0.1) is 11.3 Å². The van der Waals surface area contributed by atoms with Crippen LogP contribution in [0.1, 0.15) is 16.1 Å². The molecule has 1 aromatic carbocycles. The second kappa shape index (κ2) is 7.91. The van der Waals surface area contributed by atoms with E-state index in [1.165, 1.54) is 17.5 Å². The summed E-state index contributed by atoms with van der Waals surface area (Å²) in [6.07, 6.45) is -5.27. The van der Waals surface area contributed by atoms with Gasteiger partial charge in [0.25, 0.3) is 5.91 Å². The molecular weight excluding hydrogens is 430 g/mol. The van der Waals surface area contributed by atoms with Crippen molar-refractivity contribution in [1.29, 1.82) is 0 Å². The molecular formula is C15H12Cl2F3N3O3S. The number of ether oxygens (including phenoxy) is 1. The van der Waals surface area contributed by atoms with Crippen LogP contribution in [0.4, 0.5) is 18.3 Å². The van der Waals surface area contributed by atoms with Crippen molar-refractivity contribution >= 4 is 51.5 Å². The molecule has 0 bridgehead atoms. The van der Waals surface area contributed by atoms with Crippen molar-refractivity contribution in [3.63, 3.8) is 0 Å². The minimum Gasteiger partial charge on any atom is -0.466 e. The lowest BCUT2D eigenvalue weighted by Crippen LogP contribution is -2.69. The van der Waals surface area contributed by atoms with Crippen LogP contribution in [0.2, 0.25) is 10.0 Å². The molecule has 0 aliphatic carbocycles. The van der Waals surface area contributed by atoms with Crippen LogP contribution in [0.5, 0.6) is 0 Å². The summed E-state index contributed by atoms with van der Waals surface area (Å²) in [5.41, 5.74) is -3.46. The van der Waals surface area contributed by atoms with E-state index in [-0.39, 0.29) is 20.7 Å². The molecule has 27 heavy (non-hydrogen) atoms. The fourth-order valence-electron chi connectivity index (χ4n) is 2.03. The number of methoxy groups -OCH3 is 1. The summed E-state index contributed by atoms with van der Waals surface area (Å²) in [4.78, 5) is 28.4.